The molecule has 20 nitrogen and oxygen atoms in total. The summed E-state index contributed by atoms with van der Waals surface area (Å²) in [6.45, 7) is 5.24. The van der Waals surface area contributed by atoms with Gasteiger partial charge >= 0.3 is 49.0 Å². The summed E-state index contributed by atoms with van der Waals surface area (Å²) in [4.78, 5) is 90.9. The van der Waals surface area contributed by atoms with Crippen molar-refractivity contribution in [1.82, 2.24) is 0 Å². The molecule has 10 rings (SSSR count). The Labute approximate surface area is 781 Å². The molecule has 0 aliphatic rings. The molecule has 43 heteroatoms. The molecule has 0 heterocycles. The Hall–Kier alpha value is -11.3. The largest absolute Gasteiger partial charge is 0.508 e. The molecule has 716 valence electrons. The maximum atomic E-state index is 13.9. The van der Waals surface area contributed by atoms with Crippen LogP contribution in [0.4, 0.5) is 79.0 Å². The zero-order valence-electron chi connectivity index (χ0n) is 69.8. The highest BCUT2D eigenvalue weighted by Crippen LogP contribution is 2.52. The van der Waals surface area contributed by atoms with Crippen LogP contribution in [0.5, 0.6) is 34.5 Å². The van der Waals surface area contributed by atoms with Crippen LogP contribution in [-0.4, -0.2) is 137 Å². The van der Waals surface area contributed by atoms with Crippen molar-refractivity contribution in [3.8, 4) is 67.9 Å². The van der Waals surface area contributed by atoms with Crippen LogP contribution in [0.3, 0.4) is 0 Å². The molecule has 8 N–H and O–H groups in total. The third-order valence-electron chi connectivity index (χ3n) is 19.9. The minimum absolute atomic E-state index is 0. The third-order valence-corrected chi connectivity index (χ3v) is 20.8. The topological polar surface area (TPSA) is 335 Å². The Bertz CT molecular complexity index is 5840. The minimum atomic E-state index is -5.26. The fraction of sp³-hybridized carbons (Fsp3) is 0.244. The van der Waals surface area contributed by atoms with E-state index < -0.39 is 160 Å². The van der Waals surface area contributed by atoms with E-state index in [0.717, 1.165) is 99.1 Å². The van der Waals surface area contributed by atoms with Gasteiger partial charge in [0.2, 0.25) is 0 Å². The van der Waals surface area contributed by atoms with Gasteiger partial charge in [-0.15, -0.1) is 24.0 Å². The second-order valence-corrected chi connectivity index (χ2v) is 30.8. The number of hydrogen-bond donors (Lipinski definition) is 8. The zero-order valence-corrected chi connectivity index (χ0v) is 75.2. The Kier molecular flexibility index (Phi) is 36.3. The van der Waals surface area contributed by atoms with Crippen molar-refractivity contribution in [2.75, 3.05) is 14.2 Å². The van der Waals surface area contributed by atoms with Crippen LogP contribution < -0.4 is 18.9 Å². The first-order valence-corrected chi connectivity index (χ1v) is 38.6. The Morgan fingerprint density at radius 2 is 0.466 bits per heavy atom. The lowest BCUT2D eigenvalue weighted by Gasteiger charge is -2.29. The highest BCUT2D eigenvalue weighted by molar-refractivity contribution is 14.0. The summed E-state index contributed by atoms with van der Waals surface area (Å²) in [5, 5.41) is 78.1. The molecule has 10 aromatic rings. The number of ether oxygens (including phenoxy) is 4. The molecule has 0 radical (unpaired) electrons. The molecule has 0 saturated carbocycles. The highest BCUT2D eigenvalue weighted by atomic mass is 127. The summed E-state index contributed by atoms with van der Waals surface area (Å²) in [7, 11) is 2.17. The molecule has 0 amide bonds. The number of phenols is 2. The lowest BCUT2D eigenvalue weighted by molar-refractivity contribution is -0.259. The lowest BCUT2D eigenvalue weighted by Crippen LogP contribution is -2.39. The molecule has 6 unspecified atom stereocenters. The molecule has 10 aromatic carbocycles. The van der Waals surface area contributed by atoms with E-state index in [1.807, 2.05) is 0 Å². The molecule has 0 saturated heterocycles. The third kappa shape index (κ3) is 26.7. The van der Waals surface area contributed by atoms with Crippen molar-refractivity contribution in [2.45, 2.75) is 126 Å². The van der Waals surface area contributed by atoms with E-state index in [-0.39, 0.29) is 115 Å². The van der Waals surface area contributed by atoms with Crippen molar-refractivity contribution in [3.05, 3.63) is 284 Å². The summed E-state index contributed by atoms with van der Waals surface area (Å²) >= 11 is 20.7. The van der Waals surface area contributed by atoms with Gasteiger partial charge in [-0.25, -0.2) is 9.59 Å². The van der Waals surface area contributed by atoms with Crippen LogP contribution in [-0.2, 0) is 33.6 Å². The van der Waals surface area contributed by atoms with Crippen molar-refractivity contribution in [1.29, 1.82) is 0 Å². The first-order valence-electron chi connectivity index (χ1n) is 37.1. The summed E-state index contributed by atoms with van der Waals surface area (Å²) in [5.41, 5.74) is -24.8. The van der Waals surface area contributed by atoms with Gasteiger partial charge in [-0.1, -0.05) is 78.9 Å². The number of carbonyl (C=O) groups excluding carboxylic acids is 8. The van der Waals surface area contributed by atoms with Crippen molar-refractivity contribution >= 4 is 115 Å². The highest BCUT2D eigenvalue weighted by Gasteiger charge is 2.58. The average Bonchev–Trinajstić information content (AvgIpc) is 0.762. The molecular formula is C90H75Cl4F18IO20. The minimum Gasteiger partial charge on any atom is -0.508 e. The molecule has 0 aliphatic carbocycles. The number of carbonyl (C=O) groups is 8. The molecule has 0 fully saturated rings. The average molecular weight is 2090 g/mol. The van der Waals surface area contributed by atoms with Gasteiger partial charge in [0.25, 0.3) is 21.0 Å². The lowest BCUT2D eigenvalue weighted by atomic mass is 9.88. The predicted octanol–water partition coefficient (Wildman–Crippen LogP) is 22.7. The fourth-order valence-electron chi connectivity index (χ4n) is 11.5. The molecule has 0 spiro atoms. The Morgan fingerprint density at radius 1 is 0.263 bits per heavy atom. The van der Waals surface area contributed by atoms with E-state index in [1.54, 1.807) is 6.07 Å². The van der Waals surface area contributed by atoms with Gasteiger partial charge in [0, 0.05) is 68.2 Å². The van der Waals surface area contributed by atoms with E-state index in [9.17, 15) is 158 Å². The number of alkyl halides is 18. The van der Waals surface area contributed by atoms with Crippen LogP contribution in [0.25, 0.3) is 33.4 Å². The number of phenolic OH excluding ortho intramolecular Hbond substituents is 2. The van der Waals surface area contributed by atoms with E-state index >= 15 is 0 Å². The molecule has 0 aliphatic heterocycles. The number of hydrogen-bond acceptors (Lipinski definition) is 20. The number of methoxy groups -OCH3 is 2. The maximum Gasteiger partial charge on any atom is 0.421 e. The number of halogens is 23. The van der Waals surface area contributed by atoms with Crippen molar-refractivity contribution in [2.24, 2.45) is 0 Å². The van der Waals surface area contributed by atoms with Gasteiger partial charge in [0.1, 0.15) is 34.5 Å². The van der Waals surface area contributed by atoms with E-state index in [2.05, 4.69) is 0 Å². The monoisotopic (exact) mass is 2080 g/mol. The number of ketones is 2. The van der Waals surface area contributed by atoms with Crippen LogP contribution in [0.2, 0.25) is 0 Å². The van der Waals surface area contributed by atoms with Gasteiger partial charge in [-0.05, 0) is 263 Å². The van der Waals surface area contributed by atoms with Crippen LogP contribution in [0.1, 0.15) is 173 Å². The number of Topliss-reactive ketones (excluding diaryl/α,β-unsaturated/α-hetero) is 2. The quantitative estimate of drug-likeness (QED) is 0.00827. The summed E-state index contributed by atoms with van der Waals surface area (Å²) in [5.74, 6) is -6.59. The fourth-order valence-corrected chi connectivity index (χ4v) is 12.0. The van der Waals surface area contributed by atoms with Crippen molar-refractivity contribution in [3.63, 3.8) is 0 Å². The van der Waals surface area contributed by atoms with Crippen LogP contribution in [0.15, 0.2) is 206 Å². The first kappa shape index (κ1) is 112. The van der Waals surface area contributed by atoms with E-state index in [4.69, 9.17) is 65.4 Å². The number of aromatic hydroxyl groups is 2. The summed E-state index contributed by atoms with van der Waals surface area (Å²) in [6, 6.07) is 39.9. The van der Waals surface area contributed by atoms with Crippen molar-refractivity contribution < 1.29 is 179 Å². The van der Waals surface area contributed by atoms with Gasteiger partial charge in [-0.2, -0.15) is 79.0 Å². The standard InChI is InChI=1S/2C28H24F6O6.C18H16F6O4.2C8H4Cl2O2.HI.H2/c1-15(35)16-5-7-17(8-6-16)24(36)40-23-12-10-19(14-21(23)26(3,38)28(32,33)34)18-9-11-22(39-4)20(13-18)25(2,37)27(29,30)31;1-15(35)16-6-5-7-19(12-16)24(36)40-23-11-9-18(14-21(23)26(3,38)28(32,33)34)17-8-10-22(39-4)20(13-17)25(2,37)27(29,30)31;1-15(27,17(19,20)21)11-7-9(3-5-13(11)25)10-4-6-14(26)12(8-10)16(2,28)18(22,23)24;9-7(11)5-1-2-6(4-3-5)8(10)12;9-7(11)5-2-1-3-6(4-5)8(10)12;;/h2*5-14,37-38H,1-4H3;3-8,25-28H,1-2H3;2*1-4H;2*1H. The van der Waals surface area contributed by atoms with Gasteiger partial charge in [0.05, 0.1) is 25.3 Å². The Morgan fingerprint density at radius 3 is 0.722 bits per heavy atom. The molecule has 0 aromatic heterocycles. The van der Waals surface area contributed by atoms with Crippen LogP contribution >= 0.6 is 70.4 Å². The smallest absolute Gasteiger partial charge is 0.421 e. The molecule has 0 bridgehead atoms. The number of rotatable bonds is 21. The van der Waals surface area contributed by atoms with Crippen LogP contribution in [0, 0.1) is 0 Å². The van der Waals surface area contributed by atoms with Gasteiger partial charge in [-0.3, -0.25) is 28.8 Å². The molecule has 133 heavy (non-hydrogen) atoms. The summed E-state index contributed by atoms with van der Waals surface area (Å²) in [6.07, 6.45) is -31.0. The second-order valence-electron chi connectivity index (χ2n) is 29.4. The van der Waals surface area contributed by atoms with Gasteiger partial charge < -0.3 is 59.8 Å². The first-order chi connectivity index (χ1) is 60.3. The zero-order chi connectivity index (χ0) is 100. The Balaban J connectivity index is 0.000000374. The maximum absolute atomic E-state index is 13.9. The number of benzene rings is 10. The number of aliphatic hydroxyl groups is 6. The SMILES string of the molecule is CC(O)(c1cc(-c2ccc(O)c(C(C)(O)C(F)(F)F)c2)ccc1O)C(F)(F)F.COc1ccc(-c2ccc(OC(=O)c3ccc(C(C)=O)cc3)c(C(C)(O)C(F)(F)F)c2)cc1C(C)(O)C(F)(F)F.COc1ccc(-c2ccc(OC(=O)c3cccc(C(C)=O)c3)c(C(C)(O)C(F)(F)F)c2)cc1C(C)(O)C(F)(F)F.I.O=C(Cl)c1ccc(C(=O)Cl)cc1.O=C(Cl)c1cccc(C(=O)Cl)c1.[HH]. The normalized spacial score (nSPS) is 14.4. The predicted molar refractivity (Wildman–Crippen MR) is 460 cm³/mol. The molecular weight excluding hydrogens is 2010 g/mol. The van der Waals surface area contributed by atoms with E-state index in [1.165, 1.54) is 129 Å². The summed E-state index contributed by atoms with van der Waals surface area (Å²) < 4.78 is 263. The number of esters is 2. The molecule has 6 atom stereocenters. The second kappa shape index (κ2) is 43.0. The van der Waals surface area contributed by atoms with Gasteiger partial charge in [0.15, 0.2) is 45.2 Å². The van der Waals surface area contributed by atoms with E-state index in [0.29, 0.717) is 52.7 Å².